The average molecular weight is 526 g/mol. The van der Waals surface area contributed by atoms with E-state index in [1.165, 1.54) is 24.1 Å². The van der Waals surface area contributed by atoms with Gasteiger partial charge < -0.3 is 14.7 Å². The molecule has 1 fully saturated rings. The summed E-state index contributed by atoms with van der Waals surface area (Å²) >= 11 is 0. The quantitative estimate of drug-likeness (QED) is 0.342. The third-order valence-corrected chi connectivity index (χ3v) is 7.61. The van der Waals surface area contributed by atoms with Gasteiger partial charge in [-0.3, -0.25) is 24.2 Å². The molecule has 1 atom stereocenters. The summed E-state index contributed by atoms with van der Waals surface area (Å²) in [7, 11) is 0. The Hall–Kier alpha value is -4.27. The normalized spacial score (nSPS) is 15.9. The van der Waals surface area contributed by atoms with Crippen LogP contribution >= 0.6 is 0 Å². The monoisotopic (exact) mass is 525 g/mol. The number of hydrogen-bond acceptors (Lipinski definition) is 6. The Labute approximate surface area is 226 Å². The molecule has 1 aliphatic heterocycles. The fourth-order valence-corrected chi connectivity index (χ4v) is 5.62. The Kier molecular flexibility index (Phi) is 6.96. The standard InChI is InChI=1S/C30H31N5O4/c36-29-6-3-12-34(29)24-14-21(17-31-19-24)28(16-30(37)38)35-27-10-9-25(15-22(27)18-32-35)39-13-11-23-8-7-20-4-1-2-5-26(20)33-23/h7-10,14-15,17-19,28H,1-6,11-13,16H2,(H,37,38). The number of rotatable bonds is 9. The molecule has 4 aromatic rings. The predicted octanol–water partition coefficient (Wildman–Crippen LogP) is 4.52. The number of pyridine rings is 2. The van der Waals surface area contributed by atoms with E-state index in [4.69, 9.17) is 9.72 Å². The lowest BCUT2D eigenvalue weighted by Crippen LogP contribution is -2.24. The lowest BCUT2D eigenvalue weighted by Gasteiger charge is -2.20. The molecule has 0 bridgehead atoms. The van der Waals surface area contributed by atoms with E-state index < -0.39 is 12.0 Å². The highest BCUT2D eigenvalue weighted by Crippen LogP contribution is 2.31. The molecule has 200 valence electrons. The number of fused-ring (bicyclic) bond motifs is 2. The third kappa shape index (κ3) is 5.34. The first-order valence-corrected chi connectivity index (χ1v) is 13.6. The Morgan fingerprint density at radius 2 is 1.92 bits per heavy atom. The number of aromatic nitrogens is 4. The number of aliphatic carboxylic acids is 1. The maximum Gasteiger partial charge on any atom is 0.305 e. The van der Waals surface area contributed by atoms with Crippen molar-refractivity contribution in [1.29, 1.82) is 0 Å². The first-order chi connectivity index (χ1) is 19.0. The maximum atomic E-state index is 12.3. The van der Waals surface area contributed by atoms with Gasteiger partial charge in [0, 0.05) is 42.4 Å². The number of carboxylic acid groups (broad SMARTS) is 1. The first kappa shape index (κ1) is 25.0. The van der Waals surface area contributed by atoms with E-state index in [9.17, 15) is 14.7 Å². The predicted molar refractivity (Wildman–Crippen MR) is 146 cm³/mol. The minimum Gasteiger partial charge on any atom is -0.493 e. The molecule has 4 heterocycles. The minimum atomic E-state index is -0.943. The minimum absolute atomic E-state index is 0.0585. The SMILES string of the molecule is O=C(O)CC(c1cncc(N2CCCC2=O)c1)n1ncc2cc(OCCc3ccc4c(n3)CCCC4)ccc21. The molecule has 0 radical (unpaired) electrons. The second-order valence-electron chi connectivity index (χ2n) is 10.3. The number of amides is 1. The molecule has 2 aliphatic rings. The molecule has 0 saturated carbocycles. The summed E-state index contributed by atoms with van der Waals surface area (Å²) in [6, 6.07) is 11.3. The van der Waals surface area contributed by atoms with Crippen LogP contribution in [-0.2, 0) is 28.9 Å². The van der Waals surface area contributed by atoms with Crippen molar-refractivity contribution < 1.29 is 19.4 Å². The number of carbonyl (C=O) groups is 2. The average Bonchev–Trinajstić information content (AvgIpc) is 3.57. The number of ether oxygens (including phenoxy) is 1. The van der Waals surface area contributed by atoms with Crippen molar-refractivity contribution in [3.05, 3.63) is 77.5 Å². The van der Waals surface area contributed by atoms with Crippen LogP contribution < -0.4 is 9.64 Å². The van der Waals surface area contributed by atoms with E-state index in [-0.39, 0.29) is 12.3 Å². The molecule has 39 heavy (non-hydrogen) atoms. The van der Waals surface area contributed by atoms with E-state index >= 15 is 0 Å². The largest absolute Gasteiger partial charge is 0.493 e. The highest BCUT2D eigenvalue weighted by Gasteiger charge is 2.25. The van der Waals surface area contributed by atoms with Gasteiger partial charge in [0.2, 0.25) is 5.91 Å². The van der Waals surface area contributed by atoms with E-state index in [0.717, 1.165) is 48.0 Å². The number of benzene rings is 1. The summed E-state index contributed by atoms with van der Waals surface area (Å²) < 4.78 is 7.76. The van der Waals surface area contributed by atoms with Crippen molar-refractivity contribution in [2.75, 3.05) is 18.1 Å². The molecule has 0 spiro atoms. The van der Waals surface area contributed by atoms with Gasteiger partial charge in [0.1, 0.15) is 5.75 Å². The second-order valence-corrected chi connectivity index (χ2v) is 10.3. The van der Waals surface area contributed by atoms with Crippen molar-refractivity contribution in [2.45, 2.75) is 57.4 Å². The van der Waals surface area contributed by atoms with Crippen LogP contribution in [0, 0.1) is 0 Å². The van der Waals surface area contributed by atoms with E-state index in [1.54, 1.807) is 28.2 Å². The van der Waals surface area contributed by atoms with Crippen LogP contribution in [0.4, 0.5) is 5.69 Å². The Morgan fingerprint density at radius 3 is 2.77 bits per heavy atom. The van der Waals surface area contributed by atoms with Gasteiger partial charge in [0.05, 0.1) is 42.7 Å². The Balaban J connectivity index is 1.19. The van der Waals surface area contributed by atoms with Crippen LogP contribution in [0.15, 0.2) is 55.0 Å². The number of hydrogen-bond donors (Lipinski definition) is 1. The van der Waals surface area contributed by atoms with Crippen LogP contribution in [-0.4, -0.2) is 49.9 Å². The zero-order chi connectivity index (χ0) is 26.8. The Bertz CT molecular complexity index is 1530. The fraction of sp³-hybridized carbons (Fsp3) is 0.367. The molecule has 6 rings (SSSR count). The van der Waals surface area contributed by atoms with Gasteiger partial charge >= 0.3 is 5.97 Å². The van der Waals surface area contributed by atoms with E-state index in [2.05, 4.69) is 22.2 Å². The number of nitrogens with zero attached hydrogens (tertiary/aromatic N) is 5. The summed E-state index contributed by atoms with van der Waals surface area (Å²) in [6.07, 6.45) is 11.5. The van der Waals surface area contributed by atoms with Crippen LogP contribution in [0.3, 0.4) is 0 Å². The number of aryl methyl sites for hydroxylation is 2. The molecule has 3 aromatic heterocycles. The molecule has 1 saturated heterocycles. The van der Waals surface area contributed by atoms with E-state index in [0.29, 0.717) is 30.8 Å². The van der Waals surface area contributed by atoms with Gasteiger partial charge in [-0.2, -0.15) is 5.10 Å². The second kappa shape index (κ2) is 10.8. The van der Waals surface area contributed by atoms with Crippen LogP contribution in [0.5, 0.6) is 5.75 Å². The summed E-state index contributed by atoms with van der Waals surface area (Å²) in [5.41, 5.74) is 5.83. The van der Waals surface area contributed by atoms with Crippen molar-refractivity contribution >= 4 is 28.5 Å². The van der Waals surface area contributed by atoms with Gasteiger partial charge in [-0.05, 0) is 73.6 Å². The first-order valence-electron chi connectivity index (χ1n) is 13.6. The highest BCUT2D eigenvalue weighted by molar-refractivity contribution is 5.95. The summed E-state index contributed by atoms with van der Waals surface area (Å²) in [4.78, 5) is 34.9. The van der Waals surface area contributed by atoms with Crippen molar-refractivity contribution in [1.82, 2.24) is 19.7 Å². The molecule has 1 aliphatic carbocycles. The fourth-order valence-electron chi connectivity index (χ4n) is 5.62. The van der Waals surface area contributed by atoms with Crippen LogP contribution in [0.1, 0.15) is 60.7 Å². The number of carbonyl (C=O) groups excluding carboxylic acids is 1. The molecule has 1 N–H and O–H groups in total. The molecule has 1 amide bonds. The molecule has 1 aromatic carbocycles. The van der Waals surface area contributed by atoms with Gasteiger partial charge in [0.25, 0.3) is 0 Å². The summed E-state index contributed by atoms with van der Waals surface area (Å²) in [5.74, 6) is -0.156. The lowest BCUT2D eigenvalue weighted by molar-refractivity contribution is -0.137. The van der Waals surface area contributed by atoms with Crippen molar-refractivity contribution in [3.63, 3.8) is 0 Å². The van der Waals surface area contributed by atoms with Gasteiger partial charge in [-0.15, -0.1) is 0 Å². The van der Waals surface area contributed by atoms with Crippen molar-refractivity contribution in [2.24, 2.45) is 0 Å². The van der Waals surface area contributed by atoms with Gasteiger partial charge in [-0.1, -0.05) is 6.07 Å². The van der Waals surface area contributed by atoms with Gasteiger partial charge in [-0.25, -0.2) is 0 Å². The summed E-state index contributed by atoms with van der Waals surface area (Å²) in [5, 5.41) is 15.1. The highest BCUT2D eigenvalue weighted by atomic mass is 16.5. The van der Waals surface area contributed by atoms with Gasteiger partial charge in [0.15, 0.2) is 0 Å². The van der Waals surface area contributed by atoms with Crippen LogP contribution in [0.25, 0.3) is 10.9 Å². The molecule has 9 heteroatoms. The van der Waals surface area contributed by atoms with Crippen LogP contribution in [0.2, 0.25) is 0 Å². The molecular formula is C30H31N5O4. The number of carboxylic acids is 1. The topological polar surface area (TPSA) is 110 Å². The zero-order valence-corrected chi connectivity index (χ0v) is 21.8. The summed E-state index contributed by atoms with van der Waals surface area (Å²) in [6.45, 7) is 1.16. The van der Waals surface area contributed by atoms with Crippen molar-refractivity contribution in [3.8, 4) is 5.75 Å². The Morgan fingerprint density at radius 1 is 1.03 bits per heavy atom. The molecule has 9 nitrogen and oxygen atoms in total. The zero-order valence-electron chi connectivity index (χ0n) is 21.8. The third-order valence-electron chi connectivity index (χ3n) is 7.61. The molecular weight excluding hydrogens is 494 g/mol. The number of anilines is 1. The maximum absolute atomic E-state index is 12.3. The smallest absolute Gasteiger partial charge is 0.305 e. The lowest BCUT2D eigenvalue weighted by atomic mass is 9.96. The van der Waals surface area contributed by atoms with E-state index in [1.807, 2.05) is 24.3 Å². The molecule has 1 unspecified atom stereocenters.